The Hall–Kier alpha value is -1.10. The second-order valence-corrected chi connectivity index (χ2v) is 6.09. The normalized spacial score (nSPS) is 22.2. The van der Waals surface area contributed by atoms with E-state index in [1.54, 1.807) is 19.0 Å². The van der Waals surface area contributed by atoms with Crippen LogP contribution in [-0.4, -0.2) is 54.8 Å². The van der Waals surface area contributed by atoms with Crippen LogP contribution in [0.3, 0.4) is 0 Å². The molecule has 5 heteroatoms. The lowest BCUT2D eigenvalue weighted by molar-refractivity contribution is -0.139. The Labute approximate surface area is 115 Å². The third-order valence-electron chi connectivity index (χ3n) is 4.28. The van der Waals surface area contributed by atoms with Gasteiger partial charge >= 0.3 is 0 Å². The maximum Gasteiger partial charge on any atom is 0.225 e. The molecule has 0 bridgehead atoms. The van der Waals surface area contributed by atoms with E-state index in [1.165, 1.54) is 12.8 Å². The van der Waals surface area contributed by atoms with Crippen LogP contribution in [0.1, 0.15) is 32.1 Å². The zero-order valence-corrected chi connectivity index (χ0v) is 12.0. The van der Waals surface area contributed by atoms with E-state index in [1.807, 2.05) is 4.90 Å². The van der Waals surface area contributed by atoms with Crippen molar-refractivity contribution >= 4 is 11.8 Å². The first-order chi connectivity index (χ1) is 8.99. The zero-order chi connectivity index (χ0) is 14.0. The minimum Gasteiger partial charge on any atom is -0.349 e. The monoisotopic (exact) mass is 267 g/mol. The molecule has 2 fully saturated rings. The number of carbonyl (C=O) groups is 2. The summed E-state index contributed by atoms with van der Waals surface area (Å²) in [5.74, 6) is 0.991. The third kappa shape index (κ3) is 3.69. The second-order valence-electron chi connectivity index (χ2n) is 6.09. The first kappa shape index (κ1) is 14.3. The molecule has 0 aromatic heterocycles. The second kappa shape index (κ2) is 5.90. The highest BCUT2D eigenvalue weighted by molar-refractivity contribution is 5.80. The molecule has 0 radical (unpaired) electrons. The third-order valence-corrected chi connectivity index (χ3v) is 4.28. The summed E-state index contributed by atoms with van der Waals surface area (Å²) < 4.78 is 0. The summed E-state index contributed by atoms with van der Waals surface area (Å²) >= 11 is 0. The van der Waals surface area contributed by atoms with Gasteiger partial charge in [-0.05, 0) is 31.6 Å². The van der Waals surface area contributed by atoms with Crippen molar-refractivity contribution in [3.63, 3.8) is 0 Å². The van der Waals surface area contributed by atoms with Gasteiger partial charge in [-0.25, -0.2) is 0 Å². The van der Waals surface area contributed by atoms with E-state index in [2.05, 4.69) is 0 Å². The Bertz CT molecular complexity index is 345. The first-order valence-corrected chi connectivity index (χ1v) is 7.23. The van der Waals surface area contributed by atoms with Crippen molar-refractivity contribution in [1.82, 2.24) is 9.80 Å². The predicted octanol–water partition coefficient (Wildman–Crippen LogP) is 0.441. The molecular weight excluding hydrogens is 242 g/mol. The van der Waals surface area contributed by atoms with Gasteiger partial charge in [0.2, 0.25) is 11.8 Å². The van der Waals surface area contributed by atoms with Gasteiger partial charge in [0.1, 0.15) is 0 Å². The Morgan fingerprint density at radius 2 is 1.79 bits per heavy atom. The van der Waals surface area contributed by atoms with Crippen LogP contribution in [0.5, 0.6) is 0 Å². The molecule has 2 rings (SSSR count). The highest BCUT2D eigenvalue weighted by Crippen LogP contribution is 2.33. The highest BCUT2D eigenvalue weighted by atomic mass is 16.2. The SMILES string of the molecule is CN(C)C(=O)C1CCN(C(=O)CC(N)C2CC2)CC1. The maximum atomic E-state index is 12.1. The van der Waals surface area contributed by atoms with Crippen molar-refractivity contribution in [2.24, 2.45) is 17.6 Å². The molecule has 1 aliphatic heterocycles. The predicted molar refractivity (Wildman–Crippen MR) is 73.3 cm³/mol. The average molecular weight is 267 g/mol. The minimum atomic E-state index is 0.0358. The number of amides is 2. The van der Waals surface area contributed by atoms with Gasteiger partial charge in [-0.3, -0.25) is 9.59 Å². The lowest BCUT2D eigenvalue weighted by Gasteiger charge is -2.33. The van der Waals surface area contributed by atoms with E-state index in [9.17, 15) is 9.59 Å². The zero-order valence-electron chi connectivity index (χ0n) is 12.0. The molecular formula is C14H25N3O2. The molecule has 5 nitrogen and oxygen atoms in total. The largest absolute Gasteiger partial charge is 0.349 e. The van der Waals surface area contributed by atoms with Gasteiger partial charge in [0.25, 0.3) is 0 Å². The van der Waals surface area contributed by atoms with Crippen LogP contribution in [-0.2, 0) is 9.59 Å². The maximum absolute atomic E-state index is 12.1. The number of piperidine rings is 1. The van der Waals surface area contributed by atoms with Crippen molar-refractivity contribution in [1.29, 1.82) is 0 Å². The molecule has 0 spiro atoms. The molecule has 2 N–H and O–H groups in total. The van der Waals surface area contributed by atoms with Crippen LogP contribution in [0.15, 0.2) is 0 Å². The van der Waals surface area contributed by atoms with Crippen LogP contribution in [0.4, 0.5) is 0 Å². The molecule has 1 saturated carbocycles. The van der Waals surface area contributed by atoms with Crippen molar-refractivity contribution in [2.45, 2.75) is 38.1 Å². The fraction of sp³-hybridized carbons (Fsp3) is 0.857. The summed E-state index contributed by atoms with van der Waals surface area (Å²) in [6, 6.07) is 0.0358. The molecule has 2 aliphatic rings. The van der Waals surface area contributed by atoms with Crippen molar-refractivity contribution in [3.05, 3.63) is 0 Å². The molecule has 1 aliphatic carbocycles. The molecule has 19 heavy (non-hydrogen) atoms. The topological polar surface area (TPSA) is 66.6 Å². The molecule has 2 amide bonds. The number of rotatable bonds is 4. The quantitative estimate of drug-likeness (QED) is 0.804. The lowest BCUT2D eigenvalue weighted by atomic mass is 9.95. The highest BCUT2D eigenvalue weighted by Gasteiger charge is 2.33. The Balaban J connectivity index is 1.75. The number of likely N-dealkylation sites (tertiary alicyclic amines) is 1. The van der Waals surface area contributed by atoms with Crippen molar-refractivity contribution < 1.29 is 9.59 Å². The van der Waals surface area contributed by atoms with Gasteiger partial charge < -0.3 is 15.5 Å². The summed E-state index contributed by atoms with van der Waals surface area (Å²) in [5.41, 5.74) is 5.99. The summed E-state index contributed by atoms with van der Waals surface area (Å²) in [5, 5.41) is 0. The van der Waals surface area contributed by atoms with Gasteiger partial charge in [-0.15, -0.1) is 0 Å². The Kier molecular flexibility index (Phi) is 4.45. The first-order valence-electron chi connectivity index (χ1n) is 7.23. The van der Waals surface area contributed by atoms with E-state index in [0.717, 1.165) is 12.8 Å². The van der Waals surface area contributed by atoms with Gasteiger partial charge in [0, 0.05) is 45.6 Å². The lowest BCUT2D eigenvalue weighted by Crippen LogP contribution is -2.44. The number of hydrogen-bond donors (Lipinski definition) is 1. The van der Waals surface area contributed by atoms with E-state index >= 15 is 0 Å². The van der Waals surface area contributed by atoms with Crippen LogP contribution in [0.2, 0.25) is 0 Å². The fourth-order valence-electron chi connectivity index (χ4n) is 2.76. The van der Waals surface area contributed by atoms with E-state index in [4.69, 9.17) is 5.73 Å². The molecule has 0 aromatic rings. The minimum absolute atomic E-state index is 0.0358. The number of carbonyl (C=O) groups excluding carboxylic acids is 2. The standard InChI is InChI=1S/C14H25N3O2/c1-16(2)14(19)11-5-7-17(8-6-11)13(18)9-12(15)10-3-4-10/h10-12H,3-9,15H2,1-2H3. The summed E-state index contributed by atoms with van der Waals surface area (Å²) in [4.78, 5) is 27.5. The van der Waals surface area contributed by atoms with E-state index in [-0.39, 0.29) is 23.8 Å². The fourth-order valence-corrected chi connectivity index (χ4v) is 2.76. The van der Waals surface area contributed by atoms with Crippen LogP contribution in [0.25, 0.3) is 0 Å². The summed E-state index contributed by atoms with van der Waals surface area (Å²) in [6.07, 6.45) is 4.38. The van der Waals surface area contributed by atoms with Gasteiger partial charge in [-0.1, -0.05) is 0 Å². The van der Waals surface area contributed by atoms with Crippen LogP contribution < -0.4 is 5.73 Å². The summed E-state index contributed by atoms with van der Waals surface area (Å²) in [7, 11) is 3.57. The molecule has 108 valence electrons. The van der Waals surface area contributed by atoms with Crippen molar-refractivity contribution in [3.8, 4) is 0 Å². The summed E-state index contributed by atoms with van der Waals surface area (Å²) in [6.45, 7) is 1.39. The van der Waals surface area contributed by atoms with E-state index < -0.39 is 0 Å². The van der Waals surface area contributed by atoms with Gasteiger partial charge in [-0.2, -0.15) is 0 Å². The Morgan fingerprint density at radius 1 is 1.21 bits per heavy atom. The van der Waals surface area contributed by atoms with Crippen molar-refractivity contribution in [2.75, 3.05) is 27.2 Å². The smallest absolute Gasteiger partial charge is 0.225 e. The molecule has 1 saturated heterocycles. The molecule has 1 heterocycles. The molecule has 1 atom stereocenters. The van der Waals surface area contributed by atoms with Gasteiger partial charge in [0.05, 0.1) is 0 Å². The van der Waals surface area contributed by atoms with Gasteiger partial charge in [0.15, 0.2) is 0 Å². The van der Waals surface area contributed by atoms with E-state index in [0.29, 0.717) is 25.4 Å². The van der Waals surface area contributed by atoms with Crippen LogP contribution in [0, 0.1) is 11.8 Å². The number of nitrogens with two attached hydrogens (primary N) is 1. The average Bonchev–Trinajstić information content (AvgIpc) is 3.22. The molecule has 1 unspecified atom stereocenters. The number of hydrogen-bond acceptors (Lipinski definition) is 3. The molecule has 0 aromatic carbocycles. The number of nitrogens with zero attached hydrogens (tertiary/aromatic N) is 2. The van der Waals surface area contributed by atoms with Crippen LogP contribution >= 0.6 is 0 Å². The Morgan fingerprint density at radius 3 is 2.26 bits per heavy atom.